The largest absolute Gasteiger partial charge is 0.492 e. The van der Waals surface area contributed by atoms with Crippen molar-refractivity contribution in [2.75, 3.05) is 49.4 Å². The van der Waals surface area contributed by atoms with Crippen LogP contribution >= 0.6 is 35.3 Å². The lowest BCUT2D eigenvalue weighted by Crippen LogP contribution is -2.27. The van der Waals surface area contributed by atoms with Gasteiger partial charge in [0.25, 0.3) is 0 Å². The summed E-state index contributed by atoms with van der Waals surface area (Å²) in [6.45, 7) is 3.11. The topological polar surface area (TPSA) is 27.7 Å². The van der Waals surface area contributed by atoms with Gasteiger partial charge in [-0.25, -0.2) is 0 Å². The predicted octanol–water partition coefficient (Wildman–Crippen LogP) is 5.11. The maximum atomic E-state index is 6.07. The first-order valence-electron chi connectivity index (χ1n) is 9.64. The van der Waals surface area contributed by atoms with E-state index < -0.39 is 0 Å². The van der Waals surface area contributed by atoms with Crippen molar-refractivity contribution in [1.29, 1.82) is 0 Å². The third kappa shape index (κ3) is 8.60. The summed E-state index contributed by atoms with van der Waals surface area (Å²) in [5.74, 6) is 6.08. The van der Waals surface area contributed by atoms with E-state index in [4.69, 9.17) is 14.2 Å². The zero-order valence-corrected chi connectivity index (χ0v) is 18.5. The Kier molecular flexibility index (Phi) is 10.3. The van der Waals surface area contributed by atoms with E-state index in [0.29, 0.717) is 10.5 Å². The second-order valence-corrected chi connectivity index (χ2v) is 10.3. The quantitative estimate of drug-likeness (QED) is 0.625. The highest BCUT2D eigenvalue weighted by molar-refractivity contribution is 8.05. The van der Waals surface area contributed by atoms with Crippen molar-refractivity contribution in [3.8, 4) is 11.5 Å². The standard InChI is InChI=1S/C22H28O3S3/c1-3-7-19(8-4-1)24-15-21-17-26-13-11-23-12-14-27-18-22(28-21)16-25-20-9-5-2-6-10-20/h1-10,21-22H,11-18H2. The number of hydrogen-bond acceptors (Lipinski definition) is 6. The van der Waals surface area contributed by atoms with Crippen LogP contribution in [-0.4, -0.2) is 59.9 Å². The van der Waals surface area contributed by atoms with Gasteiger partial charge in [0.15, 0.2) is 0 Å². The van der Waals surface area contributed by atoms with E-state index in [-0.39, 0.29) is 0 Å². The normalized spacial score (nSPS) is 21.9. The van der Waals surface area contributed by atoms with Gasteiger partial charge in [-0.05, 0) is 24.3 Å². The molecule has 0 saturated carbocycles. The summed E-state index contributed by atoms with van der Waals surface area (Å²) in [7, 11) is 0. The van der Waals surface area contributed by atoms with Crippen molar-refractivity contribution in [3.05, 3.63) is 60.7 Å². The maximum absolute atomic E-state index is 6.07. The Balaban J connectivity index is 1.57. The second-order valence-electron chi connectivity index (χ2n) is 6.39. The van der Waals surface area contributed by atoms with Crippen molar-refractivity contribution < 1.29 is 14.2 Å². The van der Waals surface area contributed by atoms with Gasteiger partial charge in [-0.1, -0.05) is 36.4 Å². The molecule has 6 heteroatoms. The van der Waals surface area contributed by atoms with E-state index in [9.17, 15) is 0 Å². The van der Waals surface area contributed by atoms with E-state index in [1.807, 2.05) is 95.9 Å². The lowest BCUT2D eigenvalue weighted by molar-refractivity contribution is 0.167. The van der Waals surface area contributed by atoms with E-state index in [1.165, 1.54) is 0 Å². The van der Waals surface area contributed by atoms with Gasteiger partial charge in [0.05, 0.1) is 13.2 Å². The molecule has 2 atom stereocenters. The number of rotatable bonds is 6. The molecule has 0 aromatic heterocycles. The van der Waals surface area contributed by atoms with Gasteiger partial charge < -0.3 is 14.2 Å². The van der Waals surface area contributed by atoms with Crippen LogP contribution in [0.3, 0.4) is 0 Å². The summed E-state index contributed by atoms with van der Waals surface area (Å²) in [6.07, 6.45) is 0. The Morgan fingerprint density at radius 2 is 1.18 bits per heavy atom. The van der Waals surface area contributed by atoms with E-state index in [2.05, 4.69) is 0 Å². The fraction of sp³-hybridized carbons (Fsp3) is 0.455. The molecule has 1 heterocycles. The van der Waals surface area contributed by atoms with Crippen LogP contribution in [0.15, 0.2) is 60.7 Å². The molecule has 1 saturated heterocycles. The highest BCUT2D eigenvalue weighted by Crippen LogP contribution is 2.27. The number of ether oxygens (including phenoxy) is 3. The Bertz CT molecular complexity index is 586. The van der Waals surface area contributed by atoms with Gasteiger partial charge in [0, 0.05) is 33.5 Å². The molecule has 0 radical (unpaired) electrons. The molecular weight excluding hydrogens is 408 g/mol. The molecule has 152 valence electrons. The highest BCUT2D eigenvalue weighted by atomic mass is 32.2. The zero-order chi connectivity index (χ0) is 19.3. The van der Waals surface area contributed by atoms with Gasteiger partial charge in [0.1, 0.15) is 24.7 Å². The molecule has 0 amide bonds. The van der Waals surface area contributed by atoms with Gasteiger partial charge in [-0.2, -0.15) is 23.5 Å². The SMILES string of the molecule is c1ccc(OCC2CSCCOCCSCC(COc3ccccc3)S2)cc1. The van der Waals surface area contributed by atoms with Crippen LogP contribution in [0.25, 0.3) is 0 Å². The molecule has 0 N–H and O–H groups in total. The van der Waals surface area contributed by atoms with Crippen LogP contribution in [0.4, 0.5) is 0 Å². The first kappa shape index (κ1) is 21.8. The molecule has 3 nitrogen and oxygen atoms in total. The summed E-state index contributed by atoms with van der Waals surface area (Å²) in [5, 5.41) is 0.851. The monoisotopic (exact) mass is 436 g/mol. The third-order valence-corrected chi connectivity index (χ3v) is 8.08. The minimum absolute atomic E-state index is 0.426. The number of para-hydroxylation sites is 2. The summed E-state index contributed by atoms with van der Waals surface area (Å²) in [5.41, 5.74) is 0. The third-order valence-electron chi connectivity index (χ3n) is 4.09. The second kappa shape index (κ2) is 13.3. The maximum Gasteiger partial charge on any atom is 0.119 e. The number of thioether (sulfide) groups is 3. The molecule has 2 unspecified atom stereocenters. The fourth-order valence-corrected chi connectivity index (χ4v) is 6.27. The van der Waals surface area contributed by atoms with Crippen molar-refractivity contribution in [2.45, 2.75) is 10.5 Å². The van der Waals surface area contributed by atoms with Crippen LogP contribution in [0.2, 0.25) is 0 Å². The molecule has 0 bridgehead atoms. The molecule has 2 aromatic rings. The van der Waals surface area contributed by atoms with Crippen molar-refractivity contribution >= 4 is 35.3 Å². The van der Waals surface area contributed by atoms with Crippen molar-refractivity contribution in [3.63, 3.8) is 0 Å². The fourth-order valence-electron chi connectivity index (χ4n) is 2.70. The van der Waals surface area contributed by atoms with Crippen LogP contribution in [0.1, 0.15) is 0 Å². The molecule has 2 aromatic carbocycles. The van der Waals surface area contributed by atoms with Crippen LogP contribution in [0, 0.1) is 0 Å². The predicted molar refractivity (Wildman–Crippen MR) is 125 cm³/mol. The average molecular weight is 437 g/mol. The summed E-state index contributed by atoms with van der Waals surface area (Å²) in [6, 6.07) is 20.2. The molecule has 28 heavy (non-hydrogen) atoms. The minimum atomic E-state index is 0.426. The number of benzene rings is 2. The highest BCUT2D eigenvalue weighted by Gasteiger charge is 2.20. The molecule has 0 aliphatic carbocycles. The van der Waals surface area contributed by atoms with Crippen LogP contribution in [0.5, 0.6) is 11.5 Å². The molecular formula is C22H28O3S3. The summed E-state index contributed by atoms with van der Waals surface area (Å²) in [4.78, 5) is 0. The summed E-state index contributed by atoms with van der Waals surface area (Å²) < 4.78 is 17.9. The Morgan fingerprint density at radius 3 is 1.64 bits per heavy atom. The Morgan fingerprint density at radius 1 is 0.714 bits per heavy atom. The van der Waals surface area contributed by atoms with Crippen molar-refractivity contribution in [2.24, 2.45) is 0 Å². The zero-order valence-electron chi connectivity index (χ0n) is 16.0. The van der Waals surface area contributed by atoms with E-state index >= 15 is 0 Å². The Labute approximate surface area is 181 Å². The molecule has 1 aliphatic rings. The van der Waals surface area contributed by atoms with Gasteiger partial charge in [-0.15, -0.1) is 11.8 Å². The van der Waals surface area contributed by atoms with Crippen molar-refractivity contribution in [1.82, 2.24) is 0 Å². The van der Waals surface area contributed by atoms with Gasteiger partial charge in [-0.3, -0.25) is 0 Å². The molecule has 1 aliphatic heterocycles. The average Bonchev–Trinajstić information content (AvgIpc) is 2.74. The van der Waals surface area contributed by atoms with Crippen LogP contribution in [-0.2, 0) is 4.74 Å². The molecule has 1 fully saturated rings. The van der Waals surface area contributed by atoms with Crippen LogP contribution < -0.4 is 9.47 Å². The lowest BCUT2D eigenvalue weighted by atomic mass is 10.3. The molecule has 0 spiro atoms. The first-order chi connectivity index (χ1) is 13.9. The minimum Gasteiger partial charge on any atom is -0.492 e. The van der Waals surface area contributed by atoms with E-state index in [1.54, 1.807) is 0 Å². The Hall–Kier alpha value is -0.950. The lowest BCUT2D eigenvalue weighted by Gasteiger charge is -2.24. The molecule has 3 rings (SSSR count). The summed E-state index contributed by atoms with van der Waals surface area (Å²) >= 11 is 5.92. The smallest absolute Gasteiger partial charge is 0.119 e. The van der Waals surface area contributed by atoms with Gasteiger partial charge in [0.2, 0.25) is 0 Å². The van der Waals surface area contributed by atoms with E-state index in [0.717, 1.165) is 60.9 Å². The number of hydrogen-bond donors (Lipinski definition) is 0. The van der Waals surface area contributed by atoms with Gasteiger partial charge >= 0.3 is 0 Å². The first-order valence-corrected chi connectivity index (χ1v) is 12.9.